The van der Waals surface area contributed by atoms with Gasteiger partial charge in [0.25, 0.3) is 0 Å². The van der Waals surface area contributed by atoms with Crippen LogP contribution in [0.2, 0.25) is 0 Å². The zero-order chi connectivity index (χ0) is 18.5. The summed E-state index contributed by atoms with van der Waals surface area (Å²) in [6.07, 6.45) is 6.06. The molecule has 2 rings (SSSR count). The molecule has 136 valence electrons. The van der Waals surface area contributed by atoms with Crippen LogP contribution in [0, 0.1) is 0 Å². The molecule has 1 aliphatic heterocycles. The third-order valence-corrected chi connectivity index (χ3v) is 4.14. The van der Waals surface area contributed by atoms with Gasteiger partial charge in [0.1, 0.15) is 0 Å². The van der Waals surface area contributed by atoms with Gasteiger partial charge in [-0.05, 0) is 51.6 Å². The Balaban J connectivity index is 0.00000151. The lowest BCUT2D eigenvalue weighted by Crippen LogP contribution is -2.29. The van der Waals surface area contributed by atoms with Crippen LogP contribution in [0.25, 0.3) is 0 Å². The molecule has 1 aromatic rings. The maximum absolute atomic E-state index is 4.24. The second-order valence-corrected chi connectivity index (χ2v) is 6.20. The van der Waals surface area contributed by atoms with Crippen LogP contribution in [0.15, 0.2) is 52.6 Å². The van der Waals surface area contributed by atoms with Crippen LogP contribution in [-0.4, -0.2) is 36.3 Å². The van der Waals surface area contributed by atoms with Crippen LogP contribution in [0.5, 0.6) is 0 Å². The van der Waals surface area contributed by atoms with Gasteiger partial charge in [-0.15, -0.1) is 18.3 Å². The topological polar surface area (TPSA) is 40.3 Å². The van der Waals surface area contributed by atoms with Gasteiger partial charge in [-0.2, -0.15) is 5.10 Å². The zero-order valence-corrected chi connectivity index (χ0v) is 15.9. The summed E-state index contributed by atoms with van der Waals surface area (Å²) in [5.41, 5.74) is 3.33. The molecule has 0 atom stereocenters. The van der Waals surface area contributed by atoms with Gasteiger partial charge in [-0.3, -0.25) is 4.90 Å². The van der Waals surface area contributed by atoms with Crippen molar-refractivity contribution in [1.29, 1.82) is 0 Å². The molecule has 1 aromatic carbocycles. The van der Waals surface area contributed by atoms with Crippen molar-refractivity contribution in [1.82, 2.24) is 4.90 Å². The highest BCUT2D eigenvalue weighted by molar-refractivity contribution is 6.01. The zero-order valence-electron chi connectivity index (χ0n) is 15.9. The van der Waals surface area contributed by atoms with E-state index in [1.54, 1.807) is 0 Å². The number of aliphatic imine (C=N–C) groups is 1. The van der Waals surface area contributed by atoms with E-state index < -0.39 is 0 Å². The standard InChI is InChI=1S/C19H28N4.C2H4/c1-4-8-16(2)21-22-19(20-3)18-11-9-17(10-12-18)15-23-13-6-5-7-14-23;1-2/h9-12H,3-8,13-15H2,1-2H3;1-2H2/b21-16+,22-19-;. The Hall–Kier alpha value is -2.07. The van der Waals surface area contributed by atoms with Crippen molar-refractivity contribution in [2.24, 2.45) is 15.2 Å². The normalized spacial score (nSPS) is 16.1. The molecule has 0 bridgehead atoms. The number of rotatable bonds is 6. The van der Waals surface area contributed by atoms with Crippen molar-refractivity contribution in [3.05, 3.63) is 48.6 Å². The van der Waals surface area contributed by atoms with Crippen LogP contribution in [-0.2, 0) is 6.54 Å². The van der Waals surface area contributed by atoms with E-state index in [1.165, 1.54) is 37.9 Å². The van der Waals surface area contributed by atoms with Crippen molar-refractivity contribution >= 4 is 18.3 Å². The summed E-state index contributed by atoms with van der Waals surface area (Å²) in [4.78, 5) is 6.54. The van der Waals surface area contributed by atoms with Crippen LogP contribution in [0.1, 0.15) is 57.1 Å². The van der Waals surface area contributed by atoms with Gasteiger partial charge in [0.2, 0.25) is 0 Å². The quantitative estimate of drug-likeness (QED) is 0.307. The molecule has 0 spiro atoms. The highest BCUT2D eigenvalue weighted by Gasteiger charge is 2.10. The fourth-order valence-electron chi connectivity index (χ4n) is 2.86. The molecule has 0 radical (unpaired) electrons. The first-order chi connectivity index (χ1) is 12.2. The first-order valence-corrected chi connectivity index (χ1v) is 9.12. The van der Waals surface area contributed by atoms with E-state index in [2.05, 4.69) is 71.2 Å². The molecule has 0 saturated carbocycles. The summed E-state index contributed by atoms with van der Waals surface area (Å²) in [6.45, 7) is 17.2. The molecule has 1 aliphatic rings. The van der Waals surface area contributed by atoms with E-state index in [0.717, 1.165) is 30.7 Å². The molecule has 4 nitrogen and oxygen atoms in total. The molecule has 1 saturated heterocycles. The molecule has 1 heterocycles. The Morgan fingerprint density at radius 1 is 1.04 bits per heavy atom. The van der Waals surface area contributed by atoms with Gasteiger partial charge in [0.15, 0.2) is 5.84 Å². The molecule has 0 aromatic heterocycles. The Kier molecular flexibility index (Phi) is 10.3. The van der Waals surface area contributed by atoms with E-state index in [-0.39, 0.29) is 0 Å². The minimum absolute atomic E-state index is 0.588. The minimum Gasteiger partial charge on any atom is -0.299 e. The number of nitrogens with zero attached hydrogens (tertiary/aromatic N) is 4. The predicted molar refractivity (Wildman–Crippen MR) is 111 cm³/mol. The number of likely N-dealkylation sites (tertiary alicyclic amines) is 1. The third-order valence-electron chi connectivity index (χ3n) is 4.14. The molecule has 0 amide bonds. The maximum Gasteiger partial charge on any atom is 0.181 e. The van der Waals surface area contributed by atoms with Crippen LogP contribution in [0.3, 0.4) is 0 Å². The van der Waals surface area contributed by atoms with Gasteiger partial charge in [0, 0.05) is 17.8 Å². The van der Waals surface area contributed by atoms with Crippen LogP contribution in [0.4, 0.5) is 0 Å². The molecule has 1 fully saturated rings. The second-order valence-electron chi connectivity index (χ2n) is 6.20. The molecular weight excluding hydrogens is 308 g/mol. The van der Waals surface area contributed by atoms with Gasteiger partial charge < -0.3 is 0 Å². The van der Waals surface area contributed by atoms with E-state index in [4.69, 9.17) is 0 Å². The van der Waals surface area contributed by atoms with Crippen LogP contribution < -0.4 is 0 Å². The van der Waals surface area contributed by atoms with E-state index in [1.807, 2.05) is 6.92 Å². The highest BCUT2D eigenvalue weighted by Crippen LogP contribution is 2.14. The summed E-state index contributed by atoms with van der Waals surface area (Å²) in [6, 6.07) is 8.45. The summed E-state index contributed by atoms with van der Waals surface area (Å²) < 4.78 is 0. The van der Waals surface area contributed by atoms with Crippen molar-refractivity contribution in [3.8, 4) is 0 Å². The largest absolute Gasteiger partial charge is 0.299 e. The number of piperidine rings is 1. The molecule has 0 N–H and O–H groups in total. The molecule has 0 unspecified atom stereocenters. The highest BCUT2D eigenvalue weighted by atomic mass is 15.2. The Bertz CT molecular complexity index is 566. The molecule has 4 heteroatoms. The lowest BCUT2D eigenvalue weighted by molar-refractivity contribution is 0.221. The van der Waals surface area contributed by atoms with Gasteiger partial charge in [-0.1, -0.05) is 44.0 Å². The number of amidine groups is 1. The van der Waals surface area contributed by atoms with Gasteiger partial charge in [0.05, 0.1) is 0 Å². The number of benzene rings is 1. The summed E-state index contributed by atoms with van der Waals surface area (Å²) in [5.74, 6) is 0.588. The van der Waals surface area contributed by atoms with Gasteiger partial charge >= 0.3 is 0 Å². The number of hydrogen-bond donors (Lipinski definition) is 0. The fourth-order valence-corrected chi connectivity index (χ4v) is 2.86. The Morgan fingerprint density at radius 3 is 2.24 bits per heavy atom. The van der Waals surface area contributed by atoms with E-state index in [0.29, 0.717) is 5.84 Å². The second kappa shape index (κ2) is 12.3. The average molecular weight is 341 g/mol. The summed E-state index contributed by atoms with van der Waals surface area (Å²) in [7, 11) is 0. The summed E-state index contributed by atoms with van der Waals surface area (Å²) >= 11 is 0. The van der Waals surface area contributed by atoms with E-state index >= 15 is 0 Å². The SMILES string of the molecule is C=C.C=N/C(=N\N=C(/C)CCC)c1ccc(CN2CCCCC2)cc1. The summed E-state index contributed by atoms with van der Waals surface area (Å²) in [5, 5.41) is 8.48. The maximum atomic E-state index is 4.24. The van der Waals surface area contributed by atoms with E-state index in [9.17, 15) is 0 Å². The average Bonchev–Trinajstić information content (AvgIpc) is 2.66. The molecule has 0 aliphatic carbocycles. The number of hydrogen-bond acceptors (Lipinski definition) is 3. The molecular formula is C21H32N4. The predicted octanol–water partition coefficient (Wildman–Crippen LogP) is 5.10. The monoisotopic (exact) mass is 340 g/mol. The molecule has 25 heavy (non-hydrogen) atoms. The first-order valence-electron chi connectivity index (χ1n) is 9.12. The van der Waals surface area contributed by atoms with Crippen molar-refractivity contribution in [2.45, 2.75) is 52.5 Å². The minimum atomic E-state index is 0.588. The lowest BCUT2D eigenvalue weighted by Gasteiger charge is -2.26. The fraction of sp³-hybridized carbons (Fsp3) is 0.476. The van der Waals surface area contributed by atoms with Crippen molar-refractivity contribution in [2.75, 3.05) is 13.1 Å². The van der Waals surface area contributed by atoms with Crippen molar-refractivity contribution in [3.63, 3.8) is 0 Å². The first kappa shape index (κ1) is 21.0. The van der Waals surface area contributed by atoms with Crippen LogP contribution >= 0.6 is 0 Å². The Morgan fingerprint density at radius 2 is 1.68 bits per heavy atom. The smallest absolute Gasteiger partial charge is 0.181 e. The third kappa shape index (κ3) is 7.57. The Labute approximate surface area is 153 Å². The van der Waals surface area contributed by atoms with Gasteiger partial charge in [-0.25, -0.2) is 4.99 Å². The van der Waals surface area contributed by atoms with Crippen molar-refractivity contribution < 1.29 is 0 Å². The lowest BCUT2D eigenvalue weighted by atomic mass is 10.1.